The predicted octanol–water partition coefficient (Wildman–Crippen LogP) is 4.33. The molecule has 1 amide bonds. The van der Waals surface area contributed by atoms with Gasteiger partial charge in [-0.25, -0.2) is 0 Å². The van der Waals surface area contributed by atoms with Gasteiger partial charge in [-0.3, -0.25) is 14.3 Å². The highest BCUT2D eigenvalue weighted by Gasteiger charge is 2.17. The SMILES string of the molecule is Cc1ccc(NC(=O)CSc2nnc(-c3ccncc3)n2Cc2ccco2)cc1C. The Kier molecular flexibility index (Phi) is 5.94. The molecule has 0 bridgehead atoms. The number of hydrogen-bond donors (Lipinski definition) is 1. The van der Waals surface area contributed by atoms with Crippen LogP contribution in [0.3, 0.4) is 0 Å². The van der Waals surface area contributed by atoms with Gasteiger partial charge >= 0.3 is 0 Å². The number of pyridine rings is 1. The monoisotopic (exact) mass is 419 g/mol. The number of carbonyl (C=O) groups excluding carboxylic acids is 1. The number of rotatable bonds is 7. The molecule has 3 heterocycles. The Bertz CT molecular complexity index is 1140. The second-order valence-corrected chi connectivity index (χ2v) is 7.79. The molecule has 152 valence electrons. The van der Waals surface area contributed by atoms with Crippen LogP contribution in [0, 0.1) is 13.8 Å². The van der Waals surface area contributed by atoms with Crippen molar-refractivity contribution in [3.8, 4) is 11.4 Å². The van der Waals surface area contributed by atoms with E-state index in [0.717, 1.165) is 22.6 Å². The van der Waals surface area contributed by atoms with Crippen molar-refractivity contribution in [3.05, 3.63) is 78.0 Å². The Morgan fingerprint density at radius 3 is 2.67 bits per heavy atom. The van der Waals surface area contributed by atoms with E-state index in [1.54, 1.807) is 18.7 Å². The largest absolute Gasteiger partial charge is 0.467 e. The summed E-state index contributed by atoms with van der Waals surface area (Å²) in [4.78, 5) is 16.5. The normalized spacial score (nSPS) is 10.9. The number of thioether (sulfide) groups is 1. The number of anilines is 1. The summed E-state index contributed by atoms with van der Waals surface area (Å²) in [6, 6.07) is 13.4. The number of aryl methyl sites for hydroxylation is 2. The highest BCUT2D eigenvalue weighted by Crippen LogP contribution is 2.25. The Morgan fingerprint density at radius 1 is 1.10 bits per heavy atom. The van der Waals surface area contributed by atoms with Crippen LogP contribution in [0.25, 0.3) is 11.4 Å². The van der Waals surface area contributed by atoms with Crippen molar-refractivity contribution < 1.29 is 9.21 Å². The first-order valence-corrected chi connectivity index (χ1v) is 10.4. The lowest BCUT2D eigenvalue weighted by Crippen LogP contribution is -2.15. The molecule has 1 aromatic carbocycles. The molecule has 0 atom stereocenters. The number of nitrogens with one attached hydrogen (secondary N) is 1. The minimum absolute atomic E-state index is 0.0961. The maximum Gasteiger partial charge on any atom is 0.234 e. The summed E-state index contributed by atoms with van der Waals surface area (Å²) >= 11 is 1.34. The number of nitrogens with zero attached hydrogens (tertiary/aromatic N) is 4. The van der Waals surface area contributed by atoms with E-state index < -0.39 is 0 Å². The molecule has 0 aliphatic heterocycles. The van der Waals surface area contributed by atoms with Crippen LogP contribution < -0.4 is 5.32 Å². The maximum atomic E-state index is 12.5. The molecule has 1 N–H and O–H groups in total. The zero-order valence-electron chi connectivity index (χ0n) is 16.7. The first kappa shape index (κ1) is 19.9. The van der Waals surface area contributed by atoms with E-state index in [0.29, 0.717) is 17.5 Å². The van der Waals surface area contributed by atoms with E-state index in [1.807, 2.05) is 60.9 Å². The molecule has 8 heteroatoms. The average molecular weight is 420 g/mol. The lowest BCUT2D eigenvalue weighted by atomic mass is 10.1. The van der Waals surface area contributed by atoms with Gasteiger partial charge in [0.2, 0.25) is 5.91 Å². The van der Waals surface area contributed by atoms with Gasteiger partial charge in [-0.1, -0.05) is 17.8 Å². The molecule has 4 rings (SSSR count). The Balaban J connectivity index is 1.51. The molecule has 0 saturated heterocycles. The summed E-state index contributed by atoms with van der Waals surface area (Å²) in [6.45, 7) is 4.54. The number of carbonyl (C=O) groups is 1. The van der Waals surface area contributed by atoms with Crippen LogP contribution in [0.15, 0.2) is 70.7 Å². The zero-order valence-corrected chi connectivity index (χ0v) is 17.5. The molecular weight excluding hydrogens is 398 g/mol. The fourth-order valence-corrected chi connectivity index (χ4v) is 3.70. The highest BCUT2D eigenvalue weighted by atomic mass is 32.2. The fourth-order valence-electron chi connectivity index (χ4n) is 2.96. The van der Waals surface area contributed by atoms with Gasteiger partial charge in [-0.15, -0.1) is 10.2 Å². The summed E-state index contributed by atoms with van der Waals surface area (Å²) in [6.07, 6.45) is 5.06. The van der Waals surface area contributed by atoms with Gasteiger partial charge in [-0.05, 0) is 61.4 Å². The standard InChI is InChI=1S/C22H21N5O2S/c1-15-5-6-18(12-16(15)2)24-20(28)14-30-22-26-25-21(17-7-9-23-10-8-17)27(22)13-19-4-3-11-29-19/h3-12H,13-14H2,1-2H3,(H,24,28). The zero-order chi connectivity index (χ0) is 20.9. The third-order valence-corrected chi connectivity index (χ3v) is 5.64. The molecule has 0 unspecified atom stereocenters. The van der Waals surface area contributed by atoms with Gasteiger partial charge in [-0.2, -0.15) is 0 Å². The van der Waals surface area contributed by atoms with Gasteiger partial charge in [0.1, 0.15) is 5.76 Å². The van der Waals surface area contributed by atoms with Crippen LogP contribution in [0.5, 0.6) is 0 Å². The molecule has 3 aromatic heterocycles. The van der Waals surface area contributed by atoms with Gasteiger partial charge in [0.25, 0.3) is 0 Å². The van der Waals surface area contributed by atoms with E-state index in [1.165, 1.54) is 17.3 Å². The molecule has 4 aromatic rings. The third-order valence-electron chi connectivity index (χ3n) is 4.67. The fraction of sp³-hybridized carbons (Fsp3) is 0.182. The lowest BCUT2D eigenvalue weighted by Gasteiger charge is -2.10. The minimum atomic E-state index is -0.0961. The highest BCUT2D eigenvalue weighted by molar-refractivity contribution is 7.99. The molecule has 7 nitrogen and oxygen atoms in total. The van der Waals surface area contributed by atoms with Crippen LogP contribution in [-0.4, -0.2) is 31.4 Å². The van der Waals surface area contributed by atoms with Gasteiger partial charge in [0, 0.05) is 23.6 Å². The van der Waals surface area contributed by atoms with Crippen molar-refractivity contribution >= 4 is 23.4 Å². The van der Waals surface area contributed by atoms with Crippen molar-refractivity contribution in [2.24, 2.45) is 0 Å². The van der Waals surface area contributed by atoms with Crippen molar-refractivity contribution in [1.82, 2.24) is 19.7 Å². The Morgan fingerprint density at radius 2 is 1.93 bits per heavy atom. The van der Waals surface area contributed by atoms with E-state index in [-0.39, 0.29) is 11.7 Å². The van der Waals surface area contributed by atoms with Gasteiger partial charge in [0.15, 0.2) is 11.0 Å². The van der Waals surface area contributed by atoms with Crippen LogP contribution in [0.1, 0.15) is 16.9 Å². The summed E-state index contributed by atoms with van der Waals surface area (Å²) in [7, 11) is 0. The summed E-state index contributed by atoms with van der Waals surface area (Å²) in [5.41, 5.74) is 4.02. The minimum Gasteiger partial charge on any atom is -0.467 e. The van der Waals surface area contributed by atoms with Crippen molar-refractivity contribution in [3.63, 3.8) is 0 Å². The summed E-state index contributed by atoms with van der Waals surface area (Å²) in [5.74, 6) is 1.61. The Hall–Kier alpha value is -3.39. The van der Waals surface area contributed by atoms with E-state index in [4.69, 9.17) is 4.42 Å². The first-order chi connectivity index (χ1) is 14.6. The molecule has 0 radical (unpaired) electrons. The molecular formula is C22H21N5O2S. The molecule has 30 heavy (non-hydrogen) atoms. The Labute approximate surface area is 178 Å². The van der Waals surface area contributed by atoms with Crippen molar-refractivity contribution in [1.29, 1.82) is 0 Å². The smallest absolute Gasteiger partial charge is 0.234 e. The molecule has 0 aliphatic rings. The van der Waals surface area contributed by atoms with Gasteiger partial charge < -0.3 is 9.73 Å². The van der Waals surface area contributed by atoms with Crippen LogP contribution in [0.2, 0.25) is 0 Å². The number of furan rings is 1. The molecule has 0 saturated carbocycles. The molecule has 0 aliphatic carbocycles. The number of benzene rings is 1. The third kappa shape index (κ3) is 4.60. The van der Waals surface area contributed by atoms with Crippen LogP contribution in [0.4, 0.5) is 5.69 Å². The van der Waals surface area contributed by atoms with E-state index in [9.17, 15) is 4.79 Å². The van der Waals surface area contributed by atoms with Crippen molar-refractivity contribution in [2.75, 3.05) is 11.1 Å². The molecule has 0 fully saturated rings. The first-order valence-electron chi connectivity index (χ1n) is 9.46. The quantitative estimate of drug-likeness (QED) is 0.449. The van der Waals surface area contributed by atoms with E-state index >= 15 is 0 Å². The number of amides is 1. The lowest BCUT2D eigenvalue weighted by molar-refractivity contribution is -0.113. The second kappa shape index (κ2) is 8.96. The number of aromatic nitrogens is 4. The van der Waals surface area contributed by atoms with Crippen LogP contribution in [-0.2, 0) is 11.3 Å². The van der Waals surface area contributed by atoms with Crippen molar-refractivity contribution in [2.45, 2.75) is 25.5 Å². The maximum absolute atomic E-state index is 12.5. The van der Waals surface area contributed by atoms with E-state index in [2.05, 4.69) is 20.5 Å². The average Bonchev–Trinajstić information content (AvgIpc) is 3.40. The second-order valence-electron chi connectivity index (χ2n) is 6.84. The predicted molar refractivity (Wildman–Crippen MR) is 116 cm³/mol. The number of hydrogen-bond acceptors (Lipinski definition) is 6. The summed E-state index contributed by atoms with van der Waals surface area (Å²) < 4.78 is 7.45. The van der Waals surface area contributed by atoms with Gasteiger partial charge in [0.05, 0.1) is 18.6 Å². The van der Waals surface area contributed by atoms with Crippen LogP contribution >= 0.6 is 11.8 Å². The topological polar surface area (TPSA) is 85.8 Å². The summed E-state index contributed by atoms with van der Waals surface area (Å²) in [5, 5.41) is 12.2. The molecule has 0 spiro atoms.